The van der Waals surface area contributed by atoms with Gasteiger partial charge in [-0.15, -0.1) is 0 Å². The molecule has 1 nitrogen and oxygen atoms in total. The van der Waals surface area contributed by atoms with Gasteiger partial charge < -0.3 is 0 Å². The Kier molecular flexibility index (Phi) is 0.751. The maximum Gasteiger partial charge on any atom is 0.0422 e. The molecule has 0 radical (unpaired) electrons. The maximum atomic E-state index is 3.46. The van der Waals surface area contributed by atoms with E-state index in [1.165, 1.54) is 88.8 Å². The zero-order valence-electron chi connectivity index (χ0n) is 21.0. The molecule has 0 aromatic heterocycles. The third-order valence-electron chi connectivity index (χ3n) is 29.6. The molecule has 2 aliphatic heterocycles. The van der Waals surface area contributed by atoms with E-state index >= 15 is 0 Å². The van der Waals surface area contributed by atoms with E-state index < -0.39 is 0 Å². The maximum absolute atomic E-state index is 3.46. The minimum absolute atomic E-state index is 0.868. The Balaban J connectivity index is 1.04. The summed E-state index contributed by atoms with van der Waals surface area (Å²) < 4.78 is 0. The SMILES string of the molecule is CN1C2C3CC4C5C6CC7C8C9C%10C%11CC%12C%13C%14CC%15C%16C2C2%17C%16%18C%14%15C%13%14C%12%11C%10%11C9%10C89C67C56C34C12C69C%10%17C%14%11%18. The van der Waals surface area contributed by atoms with Gasteiger partial charge in [-0.25, -0.2) is 0 Å². The molecule has 0 aromatic carbocycles. The highest BCUT2D eigenvalue weighted by Gasteiger charge is 3.58. The normalized spacial score (nSPS) is 129. The van der Waals surface area contributed by atoms with Crippen LogP contribution in [0.1, 0.15) is 25.7 Å². The van der Waals surface area contributed by atoms with Crippen molar-refractivity contribution in [2.24, 2.45) is 165 Å². The minimum atomic E-state index is 0.868. The van der Waals surface area contributed by atoms with Crippen molar-refractivity contribution in [2.75, 3.05) is 7.05 Å². The Morgan fingerprint density at radius 2 is 0.919 bits per heavy atom. The fraction of sp³-hybridized carbons (Fsp3) is 1.00. The highest BCUT2D eigenvalue weighted by molar-refractivity contribution is 6.04. The average molecular weight is 474 g/mol. The van der Waals surface area contributed by atoms with Crippen LogP contribution in [0.25, 0.3) is 0 Å². The van der Waals surface area contributed by atoms with Crippen molar-refractivity contribution in [3.8, 4) is 0 Å². The molecule has 22 aliphatic carbocycles. The van der Waals surface area contributed by atoms with Gasteiger partial charge >= 0.3 is 0 Å². The highest BCUT2D eigenvalue weighted by Crippen LogP contribution is 3.58. The molecular formula is C36H27N. The molecule has 15 spiro atoms. The van der Waals surface area contributed by atoms with Gasteiger partial charge in [-0.05, 0) is 176 Å². The van der Waals surface area contributed by atoms with E-state index in [2.05, 4.69) is 11.9 Å². The quantitative estimate of drug-likeness (QED) is 0.523. The van der Waals surface area contributed by atoms with Crippen molar-refractivity contribution >= 4 is 0 Å². The molecule has 0 aromatic rings. The van der Waals surface area contributed by atoms with E-state index in [0.29, 0.717) is 0 Å². The van der Waals surface area contributed by atoms with Crippen LogP contribution < -0.4 is 0 Å². The summed E-state index contributed by atoms with van der Waals surface area (Å²) in [4.78, 5) is 3.46. The van der Waals surface area contributed by atoms with Crippen LogP contribution in [0.4, 0.5) is 0 Å². The first-order valence-corrected chi connectivity index (χ1v) is 18.0. The van der Waals surface area contributed by atoms with Crippen molar-refractivity contribution in [1.82, 2.24) is 4.90 Å². The van der Waals surface area contributed by atoms with Gasteiger partial charge in [0.2, 0.25) is 0 Å². The summed E-state index contributed by atoms with van der Waals surface area (Å²) in [5, 5.41) is 0. The molecular weight excluding hydrogens is 446 g/mol. The van der Waals surface area contributed by atoms with Gasteiger partial charge in [-0.3, -0.25) is 4.90 Å². The van der Waals surface area contributed by atoms with Crippen molar-refractivity contribution < 1.29 is 0 Å². The van der Waals surface area contributed by atoms with E-state index in [1.807, 2.05) is 0 Å². The van der Waals surface area contributed by atoms with Crippen molar-refractivity contribution in [3.05, 3.63) is 0 Å². The van der Waals surface area contributed by atoms with E-state index in [0.717, 1.165) is 87.4 Å². The highest BCUT2D eigenvalue weighted by atomic mass is 15.7. The molecule has 176 valence electrons. The number of nitrogens with zero attached hydrogens (tertiary/aromatic N) is 1. The van der Waals surface area contributed by atoms with Crippen LogP contribution in [0, 0.1) is 165 Å². The number of hydrogen-bond donors (Lipinski definition) is 0. The van der Waals surface area contributed by atoms with Gasteiger partial charge in [-0.2, -0.15) is 0 Å². The predicted molar refractivity (Wildman–Crippen MR) is 119 cm³/mol. The van der Waals surface area contributed by atoms with Crippen LogP contribution in [-0.2, 0) is 0 Å². The van der Waals surface area contributed by atoms with Gasteiger partial charge in [0.05, 0.1) is 0 Å². The lowest BCUT2D eigenvalue weighted by Crippen LogP contribution is -3.56. The lowest BCUT2D eigenvalue weighted by Gasteiger charge is -3.55. The molecule has 22 saturated carbocycles. The summed E-state index contributed by atoms with van der Waals surface area (Å²) in [6.07, 6.45) is 7.13. The largest absolute Gasteiger partial charge is 0.295 e. The van der Waals surface area contributed by atoms with Crippen LogP contribution >= 0.6 is 0 Å². The average Bonchev–Trinajstić information content (AvgIpc) is 3.08. The molecule has 0 N–H and O–H groups in total. The topological polar surface area (TPSA) is 3.24 Å². The van der Waals surface area contributed by atoms with Gasteiger partial charge in [0.25, 0.3) is 0 Å². The molecule has 31 unspecified atom stereocenters. The molecule has 24 fully saturated rings. The molecule has 1 heteroatoms. The summed E-state index contributed by atoms with van der Waals surface area (Å²) in [7, 11) is 2.87. The lowest BCUT2D eigenvalue weighted by molar-refractivity contribution is -1.10. The minimum Gasteiger partial charge on any atom is -0.295 e. The molecule has 2 bridgehead atoms. The Hall–Kier alpha value is -0.0400. The second-order valence-corrected chi connectivity index (χ2v) is 22.7. The summed E-state index contributed by atoms with van der Waals surface area (Å²) >= 11 is 0. The Morgan fingerprint density at radius 3 is 1.62 bits per heavy atom. The smallest absolute Gasteiger partial charge is 0.0422 e. The zero-order chi connectivity index (χ0) is 21.1. The zero-order valence-corrected chi connectivity index (χ0v) is 21.0. The Morgan fingerprint density at radius 1 is 0.405 bits per heavy atom. The van der Waals surface area contributed by atoms with Crippen LogP contribution in [0.5, 0.6) is 0 Å². The third-order valence-corrected chi connectivity index (χ3v) is 29.6. The summed E-state index contributed by atoms with van der Waals surface area (Å²) in [5.41, 5.74) is 15.6. The number of fused-ring (bicyclic) bond motifs is 13. The summed E-state index contributed by atoms with van der Waals surface area (Å²) in [6, 6.07) is 1.13. The number of hydrogen-bond acceptors (Lipinski definition) is 1. The van der Waals surface area contributed by atoms with Crippen molar-refractivity contribution in [2.45, 2.75) is 37.3 Å². The van der Waals surface area contributed by atoms with Gasteiger partial charge in [0.1, 0.15) is 0 Å². The van der Waals surface area contributed by atoms with E-state index in [-0.39, 0.29) is 0 Å². The molecule has 24 rings (SSSR count). The van der Waals surface area contributed by atoms with Crippen LogP contribution in [0.2, 0.25) is 0 Å². The molecule has 0 amide bonds. The summed E-state index contributed by atoms with van der Waals surface area (Å²) in [5.74, 6) is 19.9. The number of rotatable bonds is 0. The van der Waals surface area contributed by atoms with Crippen molar-refractivity contribution in [3.63, 3.8) is 0 Å². The standard InChI is InChI=1S/C36H27N/c1-37-21-13-5-9-15-8-3-11-17-19-16-10-2-6-14-7-4-12-18-20(21)32-30(18)23(7,12)26(14)22(6,10)28(16)31(19)29(17)24(8,11)27(15)25(9,13)36(32,37)35(27,29)34(31,32)33(26,28)30/h6-21H,2-5H2,1H3. The molecule has 31 atom stereocenters. The van der Waals surface area contributed by atoms with Gasteiger partial charge in [0, 0.05) is 33.2 Å². The predicted octanol–water partition coefficient (Wildman–Crippen LogP) is 2.97. The Bertz CT molecular complexity index is 2090. The van der Waals surface area contributed by atoms with E-state index in [1.54, 1.807) is 25.7 Å². The third kappa shape index (κ3) is 0.317. The monoisotopic (exact) mass is 473 g/mol. The summed E-state index contributed by atoms with van der Waals surface area (Å²) in [6.45, 7) is 0. The molecule has 37 heavy (non-hydrogen) atoms. The fourth-order valence-corrected chi connectivity index (χ4v) is 36.6. The second-order valence-electron chi connectivity index (χ2n) is 22.7. The van der Waals surface area contributed by atoms with Crippen LogP contribution in [0.15, 0.2) is 0 Å². The molecule has 2 heterocycles. The first kappa shape index (κ1) is 13.3. The van der Waals surface area contributed by atoms with Gasteiger partial charge in [0.15, 0.2) is 0 Å². The first-order chi connectivity index (χ1) is 18.3. The molecule has 2 saturated heterocycles. The van der Waals surface area contributed by atoms with E-state index in [4.69, 9.17) is 0 Å². The van der Waals surface area contributed by atoms with Gasteiger partial charge in [-0.1, -0.05) is 0 Å². The Labute approximate surface area is 213 Å². The van der Waals surface area contributed by atoms with Crippen molar-refractivity contribution in [1.29, 1.82) is 0 Å². The van der Waals surface area contributed by atoms with Crippen LogP contribution in [-0.4, -0.2) is 23.5 Å². The van der Waals surface area contributed by atoms with Crippen LogP contribution in [0.3, 0.4) is 0 Å². The van der Waals surface area contributed by atoms with E-state index in [9.17, 15) is 0 Å². The first-order valence-electron chi connectivity index (χ1n) is 18.0. The second kappa shape index (κ2) is 2.09. The lowest BCUT2D eigenvalue weighted by atomic mass is 8.47. The molecule has 24 aliphatic rings. The fourth-order valence-electron chi connectivity index (χ4n) is 36.6.